The number of aromatic nitrogens is 1. The molecule has 5 heteroatoms. The van der Waals surface area contributed by atoms with Crippen LogP contribution in [0.4, 0.5) is 0 Å². The molecular formula is C13H18N2O3. The van der Waals surface area contributed by atoms with Crippen molar-refractivity contribution in [2.45, 2.75) is 25.3 Å². The van der Waals surface area contributed by atoms with Crippen molar-refractivity contribution in [3.05, 3.63) is 24.0 Å². The van der Waals surface area contributed by atoms with Crippen LogP contribution in [0, 0.1) is 0 Å². The Morgan fingerprint density at radius 3 is 3.17 bits per heavy atom. The zero-order chi connectivity index (χ0) is 13.0. The van der Waals surface area contributed by atoms with E-state index in [-0.39, 0.29) is 5.56 Å². The third-order valence-corrected chi connectivity index (χ3v) is 3.37. The fourth-order valence-corrected chi connectivity index (χ4v) is 2.21. The summed E-state index contributed by atoms with van der Waals surface area (Å²) in [7, 11) is 2.08. The molecule has 0 bridgehead atoms. The van der Waals surface area contributed by atoms with Crippen molar-refractivity contribution >= 4 is 5.97 Å². The molecule has 1 atom stereocenters. The van der Waals surface area contributed by atoms with Gasteiger partial charge in [0.25, 0.3) is 0 Å². The van der Waals surface area contributed by atoms with Crippen LogP contribution < -0.4 is 4.74 Å². The minimum Gasteiger partial charge on any atom is -0.489 e. The lowest BCUT2D eigenvalue weighted by Gasteiger charge is -2.32. The maximum Gasteiger partial charge on any atom is 0.339 e. The standard InChI is InChI=1S/C13H18N2O3/c1-15-7-3-2-4-10(15)9-18-12-8-14-6-5-11(12)13(16)17/h5-6,8,10H,2-4,7,9H2,1H3,(H,16,17). The molecule has 98 valence electrons. The highest BCUT2D eigenvalue weighted by Gasteiger charge is 2.20. The number of likely N-dealkylation sites (N-methyl/N-ethyl adjacent to an activating group) is 1. The van der Waals surface area contributed by atoms with Crippen LogP contribution in [0.1, 0.15) is 29.6 Å². The summed E-state index contributed by atoms with van der Waals surface area (Å²) in [5.74, 6) is -0.631. The molecule has 1 aliphatic rings. The molecule has 0 aliphatic carbocycles. The van der Waals surface area contributed by atoms with E-state index >= 15 is 0 Å². The first kappa shape index (κ1) is 12.8. The molecular weight excluding hydrogens is 232 g/mol. The van der Waals surface area contributed by atoms with E-state index in [1.165, 1.54) is 31.3 Å². The van der Waals surface area contributed by atoms with Crippen LogP contribution in [0.2, 0.25) is 0 Å². The van der Waals surface area contributed by atoms with Crippen molar-refractivity contribution in [2.75, 3.05) is 20.2 Å². The number of carboxylic acid groups (broad SMARTS) is 1. The molecule has 1 aliphatic heterocycles. The SMILES string of the molecule is CN1CCCCC1COc1cnccc1C(=O)O. The van der Waals surface area contributed by atoms with Gasteiger partial charge in [0, 0.05) is 12.2 Å². The number of carboxylic acids is 1. The van der Waals surface area contributed by atoms with Crippen molar-refractivity contribution in [2.24, 2.45) is 0 Å². The maximum atomic E-state index is 11.0. The molecule has 18 heavy (non-hydrogen) atoms. The van der Waals surface area contributed by atoms with Crippen molar-refractivity contribution in [1.82, 2.24) is 9.88 Å². The average Bonchev–Trinajstić information content (AvgIpc) is 2.38. The van der Waals surface area contributed by atoms with Gasteiger partial charge in [-0.1, -0.05) is 6.42 Å². The molecule has 0 spiro atoms. The Bertz CT molecular complexity index is 422. The van der Waals surface area contributed by atoms with E-state index in [9.17, 15) is 4.79 Å². The lowest BCUT2D eigenvalue weighted by molar-refractivity contribution is 0.0687. The summed E-state index contributed by atoms with van der Waals surface area (Å²) in [6, 6.07) is 1.82. The van der Waals surface area contributed by atoms with E-state index in [1.54, 1.807) is 0 Å². The first-order valence-corrected chi connectivity index (χ1v) is 6.19. The summed E-state index contributed by atoms with van der Waals surface area (Å²) >= 11 is 0. The smallest absolute Gasteiger partial charge is 0.339 e. The Kier molecular flexibility index (Phi) is 4.15. The van der Waals surface area contributed by atoms with Gasteiger partial charge in [-0.25, -0.2) is 4.79 Å². The molecule has 1 unspecified atom stereocenters. The van der Waals surface area contributed by atoms with Crippen LogP contribution >= 0.6 is 0 Å². The third-order valence-electron chi connectivity index (χ3n) is 3.37. The van der Waals surface area contributed by atoms with E-state index in [1.807, 2.05) is 0 Å². The van der Waals surface area contributed by atoms with Crippen LogP contribution in [0.15, 0.2) is 18.5 Å². The molecule has 2 rings (SSSR count). The Morgan fingerprint density at radius 2 is 2.44 bits per heavy atom. The monoisotopic (exact) mass is 250 g/mol. The average molecular weight is 250 g/mol. The van der Waals surface area contributed by atoms with E-state index in [0.717, 1.165) is 13.0 Å². The normalized spacial score (nSPS) is 20.6. The van der Waals surface area contributed by atoms with Gasteiger partial charge >= 0.3 is 5.97 Å². The number of likely N-dealkylation sites (tertiary alicyclic amines) is 1. The van der Waals surface area contributed by atoms with Gasteiger partial charge in [-0.15, -0.1) is 0 Å². The zero-order valence-electron chi connectivity index (χ0n) is 10.5. The van der Waals surface area contributed by atoms with Gasteiger partial charge in [-0.05, 0) is 32.5 Å². The highest BCUT2D eigenvalue weighted by Crippen LogP contribution is 2.20. The second kappa shape index (κ2) is 5.82. The number of ether oxygens (including phenoxy) is 1. The lowest BCUT2D eigenvalue weighted by atomic mass is 10.0. The van der Waals surface area contributed by atoms with Crippen molar-refractivity contribution in [3.63, 3.8) is 0 Å². The molecule has 1 fully saturated rings. The molecule has 1 N–H and O–H groups in total. The molecule has 1 aromatic rings. The van der Waals surface area contributed by atoms with Crippen LogP contribution in [0.25, 0.3) is 0 Å². The van der Waals surface area contributed by atoms with Gasteiger partial charge < -0.3 is 14.7 Å². The Labute approximate surface area is 106 Å². The lowest BCUT2D eigenvalue weighted by Crippen LogP contribution is -2.40. The quantitative estimate of drug-likeness (QED) is 0.880. The predicted molar refractivity (Wildman–Crippen MR) is 67.0 cm³/mol. The van der Waals surface area contributed by atoms with Gasteiger partial charge in [-0.2, -0.15) is 0 Å². The number of piperidine rings is 1. The fraction of sp³-hybridized carbons (Fsp3) is 0.538. The van der Waals surface area contributed by atoms with Crippen LogP contribution in [0.5, 0.6) is 5.75 Å². The number of pyridine rings is 1. The molecule has 0 saturated carbocycles. The van der Waals surface area contributed by atoms with Crippen LogP contribution in [-0.2, 0) is 0 Å². The minimum atomic E-state index is -0.982. The van der Waals surface area contributed by atoms with Gasteiger partial charge in [0.05, 0.1) is 6.20 Å². The zero-order valence-corrected chi connectivity index (χ0v) is 10.5. The topological polar surface area (TPSA) is 62.7 Å². The van der Waals surface area contributed by atoms with Crippen LogP contribution in [-0.4, -0.2) is 47.2 Å². The van der Waals surface area contributed by atoms with Crippen molar-refractivity contribution < 1.29 is 14.6 Å². The molecule has 1 aromatic heterocycles. The highest BCUT2D eigenvalue weighted by atomic mass is 16.5. The maximum absolute atomic E-state index is 11.0. The second-order valence-electron chi connectivity index (χ2n) is 4.62. The predicted octanol–water partition coefficient (Wildman–Crippen LogP) is 1.64. The molecule has 0 radical (unpaired) electrons. The molecule has 2 heterocycles. The number of hydrogen-bond acceptors (Lipinski definition) is 4. The number of carbonyl (C=O) groups is 1. The summed E-state index contributed by atoms with van der Waals surface area (Å²) < 4.78 is 5.62. The molecule has 0 amide bonds. The summed E-state index contributed by atoms with van der Waals surface area (Å²) in [4.78, 5) is 17.2. The summed E-state index contributed by atoms with van der Waals surface area (Å²) in [5.41, 5.74) is 0.170. The minimum absolute atomic E-state index is 0.170. The summed E-state index contributed by atoms with van der Waals surface area (Å²) in [5, 5.41) is 9.04. The Hall–Kier alpha value is -1.62. The fourth-order valence-electron chi connectivity index (χ4n) is 2.21. The van der Waals surface area contributed by atoms with Crippen molar-refractivity contribution in [1.29, 1.82) is 0 Å². The summed E-state index contributed by atoms with van der Waals surface area (Å²) in [6.45, 7) is 1.59. The number of aromatic carboxylic acids is 1. The molecule has 1 saturated heterocycles. The van der Waals surface area contributed by atoms with E-state index in [4.69, 9.17) is 9.84 Å². The van der Waals surface area contributed by atoms with Gasteiger partial charge in [0.1, 0.15) is 12.2 Å². The third kappa shape index (κ3) is 2.98. The highest BCUT2D eigenvalue weighted by molar-refractivity contribution is 5.90. The number of nitrogens with zero attached hydrogens (tertiary/aromatic N) is 2. The summed E-state index contributed by atoms with van der Waals surface area (Å²) in [6.07, 6.45) is 6.45. The van der Waals surface area contributed by atoms with E-state index < -0.39 is 5.97 Å². The van der Waals surface area contributed by atoms with Crippen LogP contribution in [0.3, 0.4) is 0 Å². The van der Waals surface area contributed by atoms with Crippen molar-refractivity contribution in [3.8, 4) is 5.75 Å². The first-order valence-electron chi connectivity index (χ1n) is 6.19. The number of rotatable bonds is 4. The first-order chi connectivity index (χ1) is 8.68. The number of hydrogen-bond donors (Lipinski definition) is 1. The van der Waals surface area contributed by atoms with Gasteiger partial charge in [0.2, 0.25) is 0 Å². The second-order valence-corrected chi connectivity index (χ2v) is 4.62. The molecule has 5 nitrogen and oxygen atoms in total. The van der Waals surface area contributed by atoms with E-state index in [2.05, 4.69) is 16.9 Å². The Balaban J connectivity index is 1.99. The van der Waals surface area contributed by atoms with E-state index in [0.29, 0.717) is 18.4 Å². The Morgan fingerprint density at radius 1 is 1.61 bits per heavy atom. The largest absolute Gasteiger partial charge is 0.489 e. The molecule has 0 aromatic carbocycles. The van der Waals surface area contributed by atoms with Gasteiger partial charge in [-0.3, -0.25) is 4.98 Å². The van der Waals surface area contributed by atoms with Gasteiger partial charge in [0.15, 0.2) is 5.75 Å².